The molecule has 32 heavy (non-hydrogen) atoms. The van der Waals surface area contributed by atoms with Crippen LogP contribution in [0.1, 0.15) is 25.5 Å². The SMILES string of the molecule is CCOc1ccc(NC(=O)C2CCN(c3oc(-c4ccco4)nc3C#N)CC2)cc1OC. The van der Waals surface area contributed by atoms with E-state index in [9.17, 15) is 10.1 Å². The van der Waals surface area contributed by atoms with Crippen LogP contribution in [0.4, 0.5) is 11.6 Å². The minimum Gasteiger partial charge on any atom is -0.493 e. The molecule has 1 amide bonds. The van der Waals surface area contributed by atoms with Crippen molar-refractivity contribution < 1.29 is 23.1 Å². The van der Waals surface area contributed by atoms with E-state index in [0.29, 0.717) is 61.4 Å². The average Bonchev–Trinajstić information content (AvgIpc) is 3.50. The Hall–Kier alpha value is -3.93. The molecule has 0 aliphatic carbocycles. The van der Waals surface area contributed by atoms with E-state index in [0.717, 1.165) is 0 Å². The zero-order chi connectivity index (χ0) is 22.5. The molecule has 0 atom stereocenters. The van der Waals surface area contributed by atoms with Gasteiger partial charge in [0, 0.05) is 30.8 Å². The number of carbonyl (C=O) groups is 1. The molecule has 1 N–H and O–H groups in total. The third-order valence-corrected chi connectivity index (χ3v) is 5.33. The summed E-state index contributed by atoms with van der Waals surface area (Å²) in [6, 6.07) is 10.9. The third kappa shape index (κ3) is 4.39. The highest BCUT2D eigenvalue weighted by Crippen LogP contribution is 2.33. The van der Waals surface area contributed by atoms with E-state index in [1.54, 1.807) is 37.4 Å². The van der Waals surface area contributed by atoms with E-state index < -0.39 is 0 Å². The first-order valence-electron chi connectivity index (χ1n) is 10.4. The lowest BCUT2D eigenvalue weighted by molar-refractivity contribution is -0.120. The van der Waals surface area contributed by atoms with Gasteiger partial charge in [0.15, 0.2) is 17.3 Å². The second kappa shape index (κ2) is 9.47. The molecule has 0 bridgehead atoms. The van der Waals surface area contributed by atoms with Crippen LogP contribution in [0.3, 0.4) is 0 Å². The molecule has 1 aliphatic rings. The molecule has 0 radical (unpaired) electrons. The minimum atomic E-state index is -0.151. The smallest absolute Gasteiger partial charge is 0.266 e. The molecule has 9 heteroatoms. The van der Waals surface area contributed by atoms with Crippen LogP contribution < -0.4 is 19.7 Å². The number of nitriles is 1. The van der Waals surface area contributed by atoms with Gasteiger partial charge < -0.3 is 28.5 Å². The average molecular weight is 436 g/mol. The number of benzene rings is 1. The number of carbonyl (C=O) groups excluding carboxylic acids is 1. The number of hydrogen-bond donors (Lipinski definition) is 1. The van der Waals surface area contributed by atoms with Crippen LogP contribution >= 0.6 is 0 Å². The molecule has 0 unspecified atom stereocenters. The summed E-state index contributed by atoms with van der Waals surface area (Å²) >= 11 is 0. The van der Waals surface area contributed by atoms with Crippen LogP contribution in [-0.4, -0.2) is 37.7 Å². The zero-order valence-electron chi connectivity index (χ0n) is 18.0. The quantitative estimate of drug-likeness (QED) is 0.590. The van der Waals surface area contributed by atoms with Crippen LogP contribution in [0.2, 0.25) is 0 Å². The summed E-state index contributed by atoms with van der Waals surface area (Å²) in [5.41, 5.74) is 0.864. The summed E-state index contributed by atoms with van der Waals surface area (Å²) in [6.07, 6.45) is 2.78. The highest BCUT2D eigenvalue weighted by Gasteiger charge is 2.29. The number of amides is 1. The number of nitrogens with zero attached hydrogens (tertiary/aromatic N) is 3. The summed E-state index contributed by atoms with van der Waals surface area (Å²) < 4.78 is 22.0. The van der Waals surface area contributed by atoms with Gasteiger partial charge in [0.2, 0.25) is 17.5 Å². The van der Waals surface area contributed by atoms with E-state index in [4.69, 9.17) is 18.3 Å². The van der Waals surface area contributed by atoms with Gasteiger partial charge in [0.25, 0.3) is 5.89 Å². The van der Waals surface area contributed by atoms with Gasteiger partial charge in [-0.05, 0) is 44.0 Å². The Kier molecular flexibility index (Phi) is 6.31. The Morgan fingerprint density at radius 3 is 2.78 bits per heavy atom. The molecule has 1 aromatic carbocycles. The molecule has 1 fully saturated rings. The number of ether oxygens (including phenoxy) is 2. The predicted molar refractivity (Wildman–Crippen MR) is 117 cm³/mol. The van der Waals surface area contributed by atoms with E-state index in [1.165, 1.54) is 6.26 Å². The molecule has 166 valence electrons. The number of aromatic nitrogens is 1. The second-order valence-electron chi connectivity index (χ2n) is 7.31. The van der Waals surface area contributed by atoms with Crippen molar-refractivity contribution in [1.82, 2.24) is 4.98 Å². The van der Waals surface area contributed by atoms with Crippen molar-refractivity contribution in [1.29, 1.82) is 5.26 Å². The third-order valence-electron chi connectivity index (χ3n) is 5.33. The molecular formula is C23H24N4O5. The summed E-state index contributed by atoms with van der Waals surface area (Å²) in [4.78, 5) is 19.0. The van der Waals surface area contributed by atoms with Gasteiger partial charge in [-0.25, -0.2) is 0 Å². The van der Waals surface area contributed by atoms with Crippen molar-refractivity contribution in [2.45, 2.75) is 19.8 Å². The Balaban J connectivity index is 1.39. The first-order chi connectivity index (χ1) is 15.6. The van der Waals surface area contributed by atoms with Gasteiger partial charge in [-0.2, -0.15) is 10.2 Å². The number of nitrogens with one attached hydrogen (secondary N) is 1. The molecule has 2 aromatic heterocycles. The van der Waals surface area contributed by atoms with Crippen LogP contribution in [-0.2, 0) is 4.79 Å². The predicted octanol–water partition coefficient (Wildman–Crippen LogP) is 4.07. The van der Waals surface area contributed by atoms with E-state index in [-0.39, 0.29) is 23.4 Å². The molecule has 1 aliphatic heterocycles. The first kappa shape index (κ1) is 21.3. The molecule has 0 saturated carbocycles. The number of methoxy groups -OCH3 is 1. The molecule has 4 rings (SSSR count). The fourth-order valence-corrected chi connectivity index (χ4v) is 3.71. The highest BCUT2D eigenvalue weighted by atomic mass is 16.5. The molecule has 0 spiro atoms. The first-order valence-corrected chi connectivity index (χ1v) is 10.4. The Morgan fingerprint density at radius 1 is 1.31 bits per heavy atom. The Morgan fingerprint density at radius 2 is 2.12 bits per heavy atom. The maximum Gasteiger partial charge on any atom is 0.266 e. The van der Waals surface area contributed by atoms with Crippen molar-refractivity contribution in [3.8, 4) is 29.2 Å². The number of anilines is 2. The summed E-state index contributed by atoms with van der Waals surface area (Å²) in [5.74, 6) is 2.15. The highest BCUT2D eigenvalue weighted by molar-refractivity contribution is 5.93. The number of furan rings is 1. The normalized spacial score (nSPS) is 14.1. The number of hydrogen-bond acceptors (Lipinski definition) is 8. The van der Waals surface area contributed by atoms with Crippen molar-refractivity contribution in [3.05, 3.63) is 42.3 Å². The van der Waals surface area contributed by atoms with E-state index in [2.05, 4.69) is 16.4 Å². The largest absolute Gasteiger partial charge is 0.493 e. The van der Waals surface area contributed by atoms with Crippen molar-refractivity contribution in [3.63, 3.8) is 0 Å². The number of oxazole rings is 1. The van der Waals surface area contributed by atoms with Gasteiger partial charge in [0.05, 0.1) is 20.0 Å². The summed E-state index contributed by atoms with van der Waals surface area (Å²) in [5, 5.41) is 12.4. The minimum absolute atomic E-state index is 0.0507. The maximum atomic E-state index is 12.8. The molecular weight excluding hydrogens is 412 g/mol. The zero-order valence-corrected chi connectivity index (χ0v) is 18.0. The van der Waals surface area contributed by atoms with Crippen LogP contribution in [0.15, 0.2) is 45.4 Å². The van der Waals surface area contributed by atoms with Crippen LogP contribution in [0.5, 0.6) is 11.5 Å². The monoisotopic (exact) mass is 436 g/mol. The second-order valence-corrected chi connectivity index (χ2v) is 7.31. The van der Waals surface area contributed by atoms with Crippen molar-refractivity contribution in [2.24, 2.45) is 5.92 Å². The fourth-order valence-electron chi connectivity index (χ4n) is 3.71. The lowest BCUT2D eigenvalue weighted by Crippen LogP contribution is -2.38. The lowest BCUT2D eigenvalue weighted by Gasteiger charge is -2.31. The van der Waals surface area contributed by atoms with Gasteiger partial charge in [-0.1, -0.05) is 0 Å². The molecule has 3 heterocycles. The van der Waals surface area contributed by atoms with Crippen LogP contribution in [0, 0.1) is 17.2 Å². The Bertz CT molecular complexity index is 1110. The maximum absolute atomic E-state index is 12.8. The van der Waals surface area contributed by atoms with E-state index >= 15 is 0 Å². The summed E-state index contributed by atoms with van der Waals surface area (Å²) in [7, 11) is 1.56. The molecule has 3 aromatic rings. The molecule has 9 nitrogen and oxygen atoms in total. The van der Waals surface area contributed by atoms with Crippen molar-refractivity contribution >= 4 is 17.5 Å². The van der Waals surface area contributed by atoms with Gasteiger partial charge in [0.1, 0.15) is 6.07 Å². The van der Waals surface area contributed by atoms with E-state index in [1.807, 2.05) is 11.8 Å². The number of rotatable bonds is 7. The van der Waals surface area contributed by atoms with Crippen molar-refractivity contribution in [2.75, 3.05) is 37.0 Å². The van der Waals surface area contributed by atoms with Gasteiger partial charge in [-0.3, -0.25) is 4.79 Å². The fraction of sp³-hybridized carbons (Fsp3) is 0.348. The topological polar surface area (TPSA) is 114 Å². The lowest BCUT2D eigenvalue weighted by atomic mass is 9.96. The number of piperidine rings is 1. The van der Waals surface area contributed by atoms with Gasteiger partial charge >= 0.3 is 0 Å². The van der Waals surface area contributed by atoms with Gasteiger partial charge in [-0.15, -0.1) is 0 Å². The molecule has 1 saturated heterocycles. The summed E-state index contributed by atoms with van der Waals surface area (Å²) in [6.45, 7) is 3.58. The standard InChI is InChI=1S/C23H24N4O5/c1-3-30-18-7-6-16(13-20(18)29-2)25-21(28)15-8-10-27(11-9-15)23-17(14-24)26-22(32-23)19-5-4-12-31-19/h4-7,12-13,15H,3,8-11H2,1-2H3,(H,25,28). The van der Waals surface area contributed by atoms with Crippen LogP contribution in [0.25, 0.3) is 11.7 Å². The Labute approximate surface area is 185 Å².